The summed E-state index contributed by atoms with van der Waals surface area (Å²) in [7, 11) is 0. The highest BCUT2D eigenvalue weighted by atomic mass is 19.4. The average molecular weight is 164 g/mol. The second kappa shape index (κ2) is 2.51. The predicted molar refractivity (Wildman–Crippen MR) is 21.2 cm³/mol. The van der Waals surface area contributed by atoms with Gasteiger partial charge in [-0.1, -0.05) is 0 Å². The number of hydrogen-bond acceptors (Lipinski definition) is 0. The van der Waals surface area contributed by atoms with Crippen LogP contribution in [0.4, 0.5) is 26.3 Å². The summed E-state index contributed by atoms with van der Waals surface area (Å²) < 4.78 is 67.0. The van der Waals surface area contributed by atoms with Crippen molar-refractivity contribution < 1.29 is 26.3 Å². The van der Waals surface area contributed by atoms with Crippen LogP contribution in [0.3, 0.4) is 0 Å². The van der Waals surface area contributed by atoms with E-state index in [9.17, 15) is 26.3 Å². The first-order chi connectivity index (χ1) is 4.31. The van der Waals surface area contributed by atoms with E-state index in [1.54, 1.807) is 0 Å². The fourth-order valence-electron chi connectivity index (χ4n) is 0.174. The van der Waals surface area contributed by atoms with Gasteiger partial charge in [0.25, 0.3) is 0 Å². The van der Waals surface area contributed by atoms with E-state index < -0.39 is 24.5 Å². The Balaban J connectivity index is 4.40. The molecule has 60 valence electrons. The molecule has 0 spiro atoms. The van der Waals surface area contributed by atoms with E-state index in [1.165, 1.54) is 0 Å². The number of rotatable bonds is 1. The van der Waals surface area contributed by atoms with Gasteiger partial charge in [0.05, 0.1) is 6.33 Å². The molecule has 0 aromatic heterocycles. The molecule has 0 radical (unpaired) electrons. The quantitative estimate of drug-likeness (QED) is 0.522. The molecule has 0 bridgehead atoms. The van der Waals surface area contributed by atoms with E-state index in [0.717, 1.165) is 0 Å². The first kappa shape index (κ1) is 9.32. The number of allylic oxidation sites excluding steroid dienone is 1. The summed E-state index contributed by atoms with van der Waals surface area (Å²) in [6, 6.07) is 0. The third kappa shape index (κ3) is 1.93. The molecule has 6 heteroatoms. The molecule has 0 nitrogen and oxygen atoms in total. The third-order valence-electron chi connectivity index (χ3n) is 0.650. The van der Waals surface area contributed by atoms with Gasteiger partial charge in [-0.15, -0.1) is 0 Å². The Morgan fingerprint density at radius 3 is 1.40 bits per heavy atom. The van der Waals surface area contributed by atoms with Gasteiger partial charge in [0.2, 0.25) is 0 Å². The fourth-order valence-corrected chi connectivity index (χ4v) is 0.174. The fraction of sp³-hybridized carbons (Fsp3) is 0.500. The van der Waals surface area contributed by atoms with Crippen molar-refractivity contribution >= 4 is 0 Å². The molecule has 0 heterocycles. The molecular weight excluding hydrogens is 162 g/mol. The van der Waals surface area contributed by atoms with E-state index in [0.29, 0.717) is 0 Å². The number of hydrogen-bond donors (Lipinski definition) is 0. The van der Waals surface area contributed by atoms with Crippen LogP contribution in [0.1, 0.15) is 0 Å². The van der Waals surface area contributed by atoms with Crippen molar-refractivity contribution in [3.63, 3.8) is 0 Å². The first-order valence-electron chi connectivity index (χ1n) is 2.04. The van der Waals surface area contributed by atoms with E-state index in [4.69, 9.17) is 0 Å². The zero-order chi connectivity index (χ0) is 8.41. The molecule has 0 aromatic carbocycles. The Labute approximate surface area is 52.1 Å². The second-order valence-corrected chi connectivity index (χ2v) is 1.41. The lowest BCUT2D eigenvalue weighted by Gasteiger charge is -2.13. The zero-order valence-electron chi connectivity index (χ0n) is 4.42. The van der Waals surface area contributed by atoms with Gasteiger partial charge < -0.3 is 0 Å². The normalized spacial score (nSPS) is 14.6. The minimum atomic E-state index is -5.71. The Morgan fingerprint density at radius 1 is 0.900 bits per heavy atom. The molecule has 0 rings (SSSR count). The van der Waals surface area contributed by atoms with Crippen LogP contribution in [0.5, 0.6) is 0 Å². The lowest BCUT2D eigenvalue weighted by Crippen LogP contribution is -2.33. The Kier molecular flexibility index (Phi) is 2.34. The van der Waals surface area contributed by atoms with E-state index in [1.807, 2.05) is 0 Å². The van der Waals surface area contributed by atoms with Crippen molar-refractivity contribution in [2.45, 2.75) is 12.1 Å². The monoisotopic (exact) mass is 164 g/mol. The standard InChI is InChI=1S/C4H2F6/c5-2-1-3(6,7)4(8,9)10/h1-2H/b2-1+. The molecule has 0 unspecified atom stereocenters. The Hall–Kier alpha value is -0.680. The predicted octanol–water partition coefficient (Wildman–Crippen LogP) is 2.67. The van der Waals surface area contributed by atoms with Gasteiger partial charge in [0.1, 0.15) is 0 Å². The van der Waals surface area contributed by atoms with Gasteiger partial charge in [-0.3, -0.25) is 0 Å². The zero-order valence-corrected chi connectivity index (χ0v) is 4.42. The van der Waals surface area contributed by atoms with Crippen LogP contribution in [-0.2, 0) is 0 Å². The lowest BCUT2D eigenvalue weighted by atomic mass is 10.3. The Morgan fingerprint density at radius 2 is 1.30 bits per heavy atom. The van der Waals surface area contributed by atoms with Gasteiger partial charge in [-0.25, -0.2) is 4.39 Å². The topological polar surface area (TPSA) is 0 Å². The highest BCUT2D eigenvalue weighted by molar-refractivity contribution is 4.95. The molecule has 0 aliphatic rings. The molecule has 0 fully saturated rings. The van der Waals surface area contributed by atoms with Crippen molar-refractivity contribution in [1.29, 1.82) is 0 Å². The summed E-state index contributed by atoms with van der Waals surface area (Å²) >= 11 is 0. The van der Waals surface area contributed by atoms with Crippen LogP contribution >= 0.6 is 0 Å². The average Bonchev–Trinajstić information content (AvgIpc) is 1.61. The third-order valence-corrected chi connectivity index (χ3v) is 0.650. The summed E-state index contributed by atoms with van der Waals surface area (Å²) in [5.41, 5.74) is 0. The highest BCUT2D eigenvalue weighted by Crippen LogP contribution is 2.36. The summed E-state index contributed by atoms with van der Waals surface area (Å²) in [6.45, 7) is 0. The van der Waals surface area contributed by atoms with Crippen LogP contribution in [-0.4, -0.2) is 12.1 Å². The first-order valence-corrected chi connectivity index (χ1v) is 2.04. The van der Waals surface area contributed by atoms with Crippen molar-refractivity contribution in [1.82, 2.24) is 0 Å². The summed E-state index contributed by atoms with van der Waals surface area (Å²) in [5.74, 6) is -5.07. The lowest BCUT2D eigenvalue weighted by molar-refractivity contribution is -0.259. The van der Waals surface area contributed by atoms with Crippen LogP contribution in [0.2, 0.25) is 0 Å². The van der Waals surface area contributed by atoms with E-state index >= 15 is 0 Å². The van der Waals surface area contributed by atoms with Crippen LogP contribution < -0.4 is 0 Å². The Bertz CT molecular complexity index is 131. The maximum absolute atomic E-state index is 11.5. The molecular formula is C4H2F6. The van der Waals surface area contributed by atoms with Crippen LogP contribution in [0.25, 0.3) is 0 Å². The number of alkyl halides is 5. The molecule has 0 N–H and O–H groups in total. The van der Waals surface area contributed by atoms with Crippen LogP contribution in [0, 0.1) is 0 Å². The highest BCUT2D eigenvalue weighted by Gasteiger charge is 2.55. The molecule has 0 aliphatic carbocycles. The van der Waals surface area contributed by atoms with Gasteiger partial charge in [-0.05, 0) is 0 Å². The minimum Gasteiger partial charge on any atom is -0.216 e. The van der Waals surface area contributed by atoms with Gasteiger partial charge >= 0.3 is 12.1 Å². The minimum absolute atomic E-state index is 0.840. The summed E-state index contributed by atoms with van der Waals surface area (Å²) in [4.78, 5) is 0. The molecule has 0 aromatic rings. The molecule has 0 saturated heterocycles. The maximum atomic E-state index is 11.5. The largest absolute Gasteiger partial charge is 0.457 e. The van der Waals surface area contributed by atoms with Crippen molar-refractivity contribution in [3.8, 4) is 0 Å². The van der Waals surface area contributed by atoms with Crippen molar-refractivity contribution in [2.24, 2.45) is 0 Å². The molecule has 0 saturated carbocycles. The smallest absolute Gasteiger partial charge is 0.216 e. The number of halogens is 6. The maximum Gasteiger partial charge on any atom is 0.457 e. The van der Waals surface area contributed by atoms with Gasteiger partial charge in [-0.2, -0.15) is 22.0 Å². The summed E-state index contributed by atoms with van der Waals surface area (Å²) in [6.07, 6.45) is -7.41. The molecule has 10 heavy (non-hydrogen) atoms. The second-order valence-electron chi connectivity index (χ2n) is 1.41. The van der Waals surface area contributed by atoms with Crippen molar-refractivity contribution in [3.05, 3.63) is 12.4 Å². The summed E-state index contributed by atoms with van der Waals surface area (Å²) in [5, 5.41) is 0. The SMILES string of the molecule is F/C=C/C(F)(F)C(F)(F)F. The molecule has 0 amide bonds. The van der Waals surface area contributed by atoms with Crippen molar-refractivity contribution in [2.75, 3.05) is 0 Å². The molecule has 0 atom stereocenters. The molecule has 0 aliphatic heterocycles. The van der Waals surface area contributed by atoms with E-state index in [2.05, 4.69) is 0 Å². The van der Waals surface area contributed by atoms with E-state index in [-0.39, 0.29) is 0 Å². The van der Waals surface area contributed by atoms with Gasteiger partial charge in [0.15, 0.2) is 0 Å². The van der Waals surface area contributed by atoms with Crippen LogP contribution in [0.15, 0.2) is 12.4 Å². The van der Waals surface area contributed by atoms with Gasteiger partial charge in [0, 0.05) is 6.08 Å².